The van der Waals surface area contributed by atoms with Crippen LogP contribution in [-0.2, 0) is 9.59 Å². The molecule has 2 heterocycles. The molecule has 130 valence electrons. The van der Waals surface area contributed by atoms with E-state index in [-0.39, 0.29) is 49.7 Å². The molecule has 1 aromatic rings. The van der Waals surface area contributed by atoms with Gasteiger partial charge in [0, 0.05) is 13.1 Å². The van der Waals surface area contributed by atoms with Gasteiger partial charge < -0.3 is 21.3 Å². The fourth-order valence-electron chi connectivity index (χ4n) is 2.24. The first kappa shape index (κ1) is 21.4. The van der Waals surface area contributed by atoms with E-state index in [1.807, 2.05) is 6.07 Å². The standard InChI is InChI=1S/C14H21N5O2.2ClH/c15-8-13(20)17-10-14(21)18-12-5-4-11(9-16-12)19-6-2-1-3-7-19;;/h4-5,9H,1-3,6-8,10,15H2,(H,17,20)(H,16,18,21);2*1H. The fraction of sp³-hybridized carbons (Fsp3) is 0.500. The Bertz CT molecular complexity index is 492. The van der Waals surface area contributed by atoms with Gasteiger partial charge >= 0.3 is 0 Å². The Kier molecular flexibility index (Phi) is 10.3. The topological polar surface area (TPSA) is 100 Å². The number of aromatic nitrogens is 1. The molecular formula is C14H23Cl2N5O2. The molecule has 1 aliphatic rings. The monoisotopic (exact) mass is 363 g/mol. The van der Waals surface area contributed by atoms with Crippen molar-refractivity contribution in [1.29, 1.82) is 0 Å². The summed E-state index contributed by atoms with van der Waals surface area (Å²) in [6, 6.07) is 3.72. The number of rotatable bonds is 5. The molecule has 1 aromatic heterocycles. The van der Waals surface area contributed by atoms with Gasteiger partial charge in [-0.3, -0.25) is 9.59 Å². The number of hydrogen-bond acceptors (Lipinski definition) is 5. The van der Waals surface area contributed by atoms with Crippen molar-refractivity contribution in [2.75, 3.05) is 36.4 Å². The van der Waals surface area contributed by atoms with Crippen LogP contribution in [0.4, 0.5) is 11.5 Å². The molecule has 0 aromatic carbocycles. The maximum atomic E-state index is 11.6. The van der Waals surface area contributed by atoms with Crippen molar-refractivity contribution in [1.82, 2.24) is 10.3 Å². The highest BCUT2D eigenvalue weighted by Crippen LogP contribution is 2.19. The molecule has 23 heavy (non-hydrogen) atoms. The summed E-state index contributed by atoms with van der Waals surface area (Å²) in [5.41, 5.74) is 6.21. The molecule has 0 atom stereocenters. The van der Waals surface area contributed by atoms with Gasteiger partial charge in [0.05, 0.1) is 25.0 Å². The maximum absolute atomic E-state index is 11.6. The first-order valence-corrected chi connectivity index (χ1v) is 7.16. The van der Waals surface area contributed by atoms with Gasteiger partial charge in [0.25, 0.3) is 0 Å². The number of piperidine rings is 1. The largest absolute Gasteiger partial charge is 0.370 e. The minimum absolute atomic E-state index is 0. The predicted molar refractivity (Wildman–Crippen MR) is 95.5 cm³/mol. The summed E-state index contributed by atoms with van der Waals surface area (Å²) < 4.78 is 0. The van der Waals surface area contributed by atoms with Crippen LogP contribution in [0.2, 0.25) is 0 Å². The Morgan fingerprint density at radius 1 is 1.13 bits per heavy atom. The summed E-state index contributed by atoms with van der Waals surface area (Å²) in [5.74, 6) is -0.212. The van der Waals surface area contributed by atoms with Gasteiger partial charge in [0.2, 0.25) is 11.8 Å². The molecule has 0 spiro atoms. The zero-order chi connectivity index (χ0) is 15.1. The van der Waals surface area contributed by atoms with E-state index in [9.17, 15) is 9.59 Å². The molecule has 7 nitrogen and oxygen atoms in total. The third-order valence-corrected chi connectivity index (χ3v) is 3.37. The summed E-state index contributed by atoms with van der Waals surface area (Å²) in [6.45, 7) is 1.87. The lowest BCUT2D eigenvalue weighted by Crippen LogP contribution is -2.36. The molecule has 1 fully saturated rings. The summed E-state index contributed by atoms with van der Waals surface area (Å²) in [7, 11) is 0. The number of amides is 2. The SMILES string of the molecule is Cl.Cl.NCC(=O)NCC(=O)Nc1ccc(N2CCCCC2)cn1. The lowest BCUT2D eigenvalue weighted by molar-refractivity contribution is -0.123. The summed E-state index contributed by atoms with van der Waals surface area (Å²) in [5, 5.41) is 5.03. The minimum Gasteiger partial charge on any atom is -0.370 e. The first-order chi connectivity index (χ1) is 10.2. The molecule has 1 aliphatic heterocycles. The van der Waals surface area contributed by atoms with E-state index in [4.69, 9.17) is 5.73 Å². The zero-order valence-electron chi connectivity index (χ0n) is 12.8. The highest BCUT2D eigenvalue weighted by atomic mass is 35.5. The summed E-state index contributed by atoms with van der Waals surface area (Å²) in [4.78, 5) is 29.1. The number of pyridine rings is 1. The molecule has 0 saturated carbocycles. The Labute approximate surface area is 148 Å². The van der Waals surface area contributed by atoms with Crippen LogP contribution in [0, 0.1) is 0 Å². The Morgan fingerprint density at radius 2 is 1.83 bits per heavy atom. The molecule has 2 rings (SSSR count). The predicted octanol–water partition coefficient (Wildman–Crippen LogP) is 0.929. The van der Waals surface area contributed by atoms with Crippen molar-refractivity contribution in [3.05, 3.63) is 18.3 Å². The lowest BCUT2D eigenvalue weighted by atomic mass is 10.1. The average Bonchev–Trinajstić information content (AvgIpc) is 2.54. The van der Waals surface area contributed by atoms with Gasteiger partial charge in [-0.15, -0.1) is 24.8 Å². The van der Waals surface area contributed by atoms with E-state index in [1.54, 1.807) is 12.3 Å². The molecule has 4 N–H and O–H groups in total. The van der Waals surface area contributed by atoms with Crippen LogP contribution < -0.4 is 21.3 Å². The molecular weight excluding hydrogens is 341 g/mol. The van der Waals surface area contributed by atoms with Crippen molar-refractivity contribution >= 4 is 48.1 Å². The van der Waals surface area contributed by atoms with Gasteiger partial charge in [-0.2, -0.15) is 0 Å². The highest BCUT2D eigenvalue weighted by Gasteiger charge is 2.11. The smallest absolute Gasteiger partial charge is 0.244 e. The second kappa shape index (κ2) is 11.0. The van der Waals surface area contributed by atoms with E-state index in [0.717, 1.165) is 18.8 Å². The minimum atomic E-state index is -0.362. The fourth-order valence-corrected chi connectivity index (χ4v) is 2.24. The van der Waals surface area contributed by atoms with Crippen LogP contribution in [0.3, 0.4) is 0 Å². The molecule has 2 amide bonds. The average molecular weight is 364 g/mol. The summed E-state index contributed by atoms with van der Waals surface area (Å²) >= 11 is 0. The van der Waals surface area contributed by atoms with Gasteiger partial charge in [0.15, 0.2) is 0 Å². The molecule has 9 heteroatoms. The van der Waals surface area contributed by atoms with E-state index in [2.05, 4.69) is 20.5 Å². The van der Waals surface area contributed by atoms with Crippen LogP contribution in [0.15, 0.2) is 18.3 Å². The number of nitrogens with two attached hydrogens (primary N) is 1. The highest BCUT2D eigenvalue weighted by molar-refractivity contribution is 5.94. The number of hydrogen-bond donors (Lipinski definition) is 3. The van der Waals surface area contributed by atoms with Crippen LogP contribution in [-0.4, -0.2) is 43.0 Å². The number of nitrogens with zero attached hydrogens (tertiary/aromatic N) is 2. The lowest BCUT2D eigenvalue weighted by Gasteiger charge is -2.28. The van der Waals surface area contributed by atoms with Gasteiger partial charge in [-0.05, 0) is 31.4 Å². The van der Waals surface area contributed by atoms with Crippen LogP contribution >= 0.6 is 24.8 Å². The first-order valence-electron chi connectivity index (χ1n) is 7.16. The third-order valence-electron chi connectivity index (χ3n) is 3.37. The molecule has 0 unspecified atom stereocenters. The second-order valence-electron chi connectivity index (χ2n) is 4.98. The summed E-state index contributed by atoms with van der Waals surface area (Å²) in [6.07, 6.45) is 5.46. The van der Waals surface area contributed by atoms with Crippen molar-refractivity contribution in [2.24, 2.45) is 5.73 Å². The second-order valence-corrected chi connectivity index (χ2v) is 4.98. The molecule has 1 saturated heterocycles. The number of carbonyl (C=O) groups excluding carboxylic acids is 2. The Morgan fingerprint density at radius 3 is 2.39 bits per heavy atom. The van der Waals surface area contributed by atoms with E-state index in [1.165, 1.54) is 19.3 Å². The van der Waals surface area contributed by atoms with Crippen molar-refractivity contribution in [3.8, 4) is 0 Å². The Hall–Kier alpha value is -1.57. The van der Waals surface area contributed by atoms with E-state index < -0.39 is 0 Å². The van der Waals surface area contributed by atoms with Crippen molar-refractivity contribution in [3.63, 3.8) is 0 Å². The maximum Gasteiger partial charge on any atom is 0.244 e. The van der Waals surface area contributed by atoms with E-state index in [0.29, 0.717) is 5.82 Å². The van der Waals surface area contributed by atoms with Crippen LogP contribution in [0.1, 0.15) is 19.3 Å². The zero-order valence-corrected chi connectivity index (χ0v) is 14.4. The van der Waals surface area contributed by atoms with E-state index >= 15 is 0 Å². The number of anilines is 2. The van der Waals surface area contributed by atoms with Gasteiger partial charge in [0.1, 0.15) is 5.82 Å². The van der Waals surface area contributed by atoms with Crippen molar-refractivity contribution < 1.29 is 9.59 Å². The molecule has 0 aliphatic carbocycles. The molecule has 0 bridgehead atoms. The van der Waals surface area contributed by atoms with Crippen molar-refractivity contribution in [2.45, 2.75) is 19.3 Å². The number of nitrogens with one attached hydrogen (secondary N) is 2. The Balaban J connectivity index is 0.00000242. The van der Waals surface area contributed by atoms with Crippen LogP contribution in [0.5, 0.6) is 0 Å². The van der Waals surface area contributed by atoms with Gasteiger partial charge in [-0.1, -0.05) is 0 Å². The normalized spacial score (nSPS) is 13.3. The van der Waals surface area contributed by atoms with Gasteiger partial charge in [-0.25, -0.2) is 4.98 Å². The third kappa shape index (κ3) is 7.02. The number of halogens is 2. The molecule has 0 radical (unpaired) electrons. The van der Waals surface area contributed by atoms with Crippen LogP contribution in [0.25, 0.3) is 0 Å². The quantitative estimate of drug-likeness (QED) is 0.722. The number of carbonyl (C=O) groups is 2.